The second-order valence-electron chi connectivity index (χ2n) is 3.85. The molecular formula is C13H11NO4S. The highest BCUT2D eigenvalue weighted by molar-refractivity contribution is 7.90. The molecule has 2 aromatic rings. The Morgan fingerprint density at radius 1 is 1.16 bits per heavy atom. The average Bonchev–Trinajstić information content (AvgIpc) is 2.39. The van der Waals surface area contributed by atoms with Gasteiger partial charge in [-0.2, -0.15) is 0 Å². The van der Waals surface area contributed by atoms with Crippen molar-refractivity contribution in [3.63, 3.8) is 0 Å². The largest absolute Gasteiger partial charge is 0.422 e. The molecule has 0 bridgehead atoms. The molecule has 1 heterocycles. The number of esters is 1. The molecule has 0 radical (unpaired) electrons. The topological polar surface area (TPSA) is 73.3 Å². The zero-order valence-electron chi connectivity index (χ0n) is 10.1. The van der Waals surface area contributed by atoms with E-state index in [9.17, 15) is 13.2 Å². The lowest BCUT2D eigenvalue weighted by atomic mass is 10.3. The number of carbonyl (C=O) groups is 1. The molecule has 0 aliphatic rings. The van der Waals surface area contributed by atoms with Crippen LogP contribution < -0.4 is 4.74 Å². The molecule has 1 aromatic heterocycles. The molecule has 6 heteroatoms. The number of benzene rings is 1. The minimum Gasteiger partial charge on any atom is -0.422 e. The molecule has 0 N–H and O–H groups in total. The Bertz CT molecular complexity index is 696. The molecule has 0 unspecified atom stereocenters. The Balaban J connectivity index is 2.25. The minimum absolute atomic E-state index is 0.0301. The lowest BCUT2D eigenvalue weighted by Crippen LogP contribution is -2.11. The van der Waals surface area contributed by atoms with Gasteiger partial charge in [0.25, 0.3) is 0 Å². The van der Waals surface area contributed by atoms with Crippen LogP contribution in [0, 0.1) is 0 Å². The maximum Gasteiger partial charge on any atom is 0.362 e. The fourth-order valence-corrected chi connectivity index (χ4v) is 2.04. The van der Waals surface area contributed by atoms with Gasteiger partial charge < -0.3 is 4.74 Å². The zero-order chi connectivity index (χ0) is 13.9. The van der Waals surface area contributed by atoms with E-state index in [0.29, 0.717) is 5.75 Å². The van der Waals surface area contributed by atoms with Crippen LogP contribution in [0.5, 0.6) is 5.75 Å². The van der Waals surface area contributed by atoms with E-state index in [1.54, 1.807) is 30.3 Å². The first-order valence-electron chi connectivity index (χ1n) is 5.40. The lowest BCUT2D eigenvalue weighted by molar-refractivity contribution is 0.0728. The molecule has 0 atom stereocenters. The molecule has 98 valence electrons. The van der Waals surface area contributed by atoms with E-state index in [1.807, 2.05) is 0 Å². The van der Waals surface area contributed by atoms with Crippen LogP contribution in [0.1, 0.15) is 10.5 Å². The Morgan fingerprint density at radius 3 is 2.47 bits per heavy atom. The first-order chi connectivity index (χ1) is 8.97. The van der Waals surface area contributed by atoms with Gasteiger partial charge in [-0.05, 0) is 24.3 Å². The molecule has 2 rings (SSSR count). The van der Waals surface area contributed by atoms with Gasteiger partial charge >= 0.3 is 5.97 Å². The maximum absolute atomic E-state index is 11.8. The third kappa shape index (κ3) is 3.38. The Labute approximate surface area is 110 Å². The fraction of sp³-hybridized carbons (Fsp3) is 0.0769. The van der Waals surface area contributed by atoms with Crippen LogP contribution >= 0.6 is 0 Å². The summed E-state index contributed by atoms with van der Waals surface area (Å²) in [6, 6.07) is 11.0. The van der Waals surface area contributed by atoms with E-state index >= 15 is 0 Å². The third-order valence-electron chi connectivity index (χ3n) is 2.32. The van der Waals surface area contributed by atoms with Crippen LogP contribution in [0.25, 0.3) is 0 Å². The summed E-state index contributed by atoms with van der Waals surface area (Å²) in [5.41, 5.74) is -0.0493. The van der Waals surface area contributed by atoms with E-state index in [-0.39, 0.29) is 10.6 Å². The van der Waals surface area contributed by atoms with Crippen molar-refractivity contribution in [2.75, 3.05) is 6.26 Å². The normalized spacial score (nSPS) is 11.0. The molecule has 0 aliphatic carbocycles. The second-order valence-corrected chi connectivity index (χ2v) is 5.87. The fourth-order valence-electron chi connectivity index (χ4n) is 1.40. The molecule has 0 spiro atoms. The van der Waals surface area contributed by atoms with Crippen LogP contribution in [0.4, 0.5) is 0 Å². The number of pyridine rings is 1. The standard InChI is InChI=1S/C13H11NO4S/c1-19(16,17)11-7-8-14-12(9-11)13(15)18-10-5-3-2-4-6-10/h2-9H,1H3. The number of aromatic nitrogens is 1. The molecule has 0 saturated carbocycles. The van der Waals surface area contributed by atoms with E-state index in [2.05, 4.69) is 4.98 Å². The van der Waals surface area contributed by atoms with Crippen molar-refractivity contribution in [1.29, 1.82) is 0 Å². The van der Waals surface area contributed by atoms with Crippen LogP contribution in [-0.2, 0) is 9.84 Å². The van der Waals surface area contributed by atoms with E-state index in [1.165, 1.54) is 18.3 Å². The van der Waals surface area contributed by atoms with Crippen LogP contribution in [0.2, 0.25) is 0 Å². The average molecular weight is 277 g/mol. The summed E-state index contributed by atoms with van der Waals surface area (Å²) in [6.07, 6.45) is 2.33. The number of carbonyl (C=O) groups excluding carboxylic acids is 1. The lowest BCUT2D eigenvalue weighted by Gasteiger charge is -2.04. The number of para-hydroxylation sites is 1. The van der Waals surface area contributed by atoms with Gasteiger partial charge in [-0.1, -0.05) is 18.2 Å². The number of hydrogen-bond donors (Lipinski definition) is 0. The predicted octanol–water partition coefficient (Wildman–Crippen LogP) is 1.70. The minimum atomic E-state index is -3.38. The third-order valence-corrected chi connectivity index (χ3v) is 3.43. The van der Waals surface area contributed by atoms with Crippen molar-refractivity contribution < 1.29 is 17.9 Å². The molecule has 19 heavy (non-hydrogen) atoms. The van der Waals surface area contributed by atoms with Crippen LogP contribution in [0.15, 0.2) is 53.6 Å². The summed E-state index contributed by atoms with van der Waals surface area (Å²) in [6.45, 7) is 0. The molecule has 0 saturated heterocycles. The highest BCUT2D eigenvalue weighted by Crippen LogP contribution is 2.13. The zero-order valence-corrected chi connectivity index (χ0v) is 10.9. The van der Waals surface area contributed by atoms with Crippen molar-refractivity contribution in [2.24, 2.45) is 0 Å². The van der Waals surface area contributed by atoms with Crippen LogP contribution in [-0.4, -0.2) is 25.6 Å². The van der Waals surface area contributed by atoms with Gasteiger partial charge in [0.1, 0.15) is 11.4 Å². The van der Waals surface area contributed by atoms with Crippen molar-refractivity contribution in [3.05, 3.63) is 54.4 Å². The molecule has 0 aliphatic heterocycles. The van der Waals surface area contributed by atoms with Crippen molar-refractivity contribution in [3.8, 4) is 5.75 Å². The molecular weight excluding hydrogens is 266 g/mol. The quantitative estimate of drug-likeness (QED) is 0.630. The molecule has 0 fully saturated rings. The van der Waals surface area contributed by atoms with E-state index in [0.717, 1.165) is 6.26 Å². The Morgan fingerprint density at radius 2 is 1.84 bits per heavy atom. The smallest absolute Gasteiger partial charge is 0.362 e. The summed E-state index contributed by atoms with van der Waals surface area (Å²) in [4.78, 5) is 15.7. The number of ether oxygens (including phenoxy) is 1. The number of hydrogen-bond acceptors (Lipinski definition) is 5. The molecule has 1 aromatic carbocycles. The summed E-state index contributed by atoms with van der Waals surface area (Å²) < 4.78 is 27.8. The summed E-state index contributed by atoms with van der Waals surface area (Å²) in [5.74, 6) is -0.323. The monoisotopic (exact) mass is 277 g/mol. The number of nitrogens with zero attached hydrogens (tertiary/aromatic N) is 1. The van der Waals surface area contributed by atoms with Crippen molar-refractivity contribution in [2.45, 2.75) is 4.90 Å². The molecule has 5 nitrogen and oxygen atoms in total. The number of sulfone groups is 1. The summed E-state index contributed by atoms with van der Waals surface area (Å²) in [5, 5.41) is 0. The SMILES string of the molecule is CS(=O)(=O)c1ccnc(C(=O)Oc2ccccc2)c1. The van der Waals surface area contributed by atoms with E-state index < -0.39 is 15.8 Å². The van der Waals surface area contributed by atoms with Gasteiger partial charge in [-0.25, -0.2) is 18.2 Å². The summed E-state index contributed by atoms with van der Waals surface area (Å²) >= 11 is 0. The summed E-state index contributed by atoms with van der Waals surface area (Å²) in [7, 11) is -3.38. The maximum atomic E-state index is 11.8. The van der Waals surface area contributed by atoms with Gasteiger partial charge in [0, 0.05) is 12.5 Å². The van der Waals surface area contributed by atoms with Gasteiger partial charge in [0.2, 0.25) is 0 Å². The molecule has 0 amide bonds. The Hall–Kier alpha value is -2.21. The Kier molecular flexibility index (Phi) is 3.62. The second kappa shape index (κ2) is 5.19. The van der Waals surface area contributed by atoms with Gasteiger partial charge in [0.05, 0.1) is 4.90 Å². The first-order valence-corrected chi connectivity index (χ1v) is 7.29. The van der Waals surface area contributed by atoms with Crippen molar-refractivity contribution >= 4 is 15.8 Å². The van der Waals surface area contributed by atoms with Gasteiger partial charge in [-0.15, -0.1) is 0 Å². The highest BCUT2D eigenvalue weighted by atomic mass is 32.2. The van der Waals surface area contributed by atoms with Crippen LogP contribution in [0.3, 0.4) is 0 Å². The number of rotatable bonds is 3. The predicted molar refractivity (Wildman–Crippen MR) is 68.7 cm³/mol. The van der Waals surface area contributed by atoms with E-state index in [4.69, 9.17) is 4.74 Å². The van der Waals surface area contributed by atoms with Gasteiger partial charge in [0.15, 0.2) is 9.84 Å². The first kappa shape index (κ1) is 13.2. The highest BCUT2D eigenvalue weighted by Gasteiger charge is 2.14. The van der Waals surface area contributed by atoms with Crippen molar-refractivity contribution in [1.82, 2.24) is 4.98 Å². The van der Waals surface area contributed by atoms with Gasteiger partial charge in [-0.3, -0.25) is 0 Å².